The van der Waals surface area contributed by atoms with Gasteiger partial charge in [-0.25, -0.2) is 4.79 Å². The molecule has 0 bridgehead atoms. The lowest BCUT2D eigenvalue weighted by Gasteiger charge is -2.11. The van der Waals surface area contributed by atoms with E-state index >= 15 is 0 Å². The normalized spacial score (nSPS) is 10.1. The smallest absolute Gasteiger partial charge is 0.404 e. The van der Waals surface area contributed by atoms with Crippen molar-refractivity contribution in [2.24, 2.45) is 0 Å². The van der Waals surface area contributed by atoms with E-state index < -0.39 is 6.09 Å². The van der Waals surface area contributed by atoms with E-state index in [0.29, 0.717) is 21.0 Å². The highest BCUT2D eigenvalue weighted by atomic mass is 35.5. The number of aldehydes is 1. The second-order valence-corrected chi connectivity index (χ2v) is 5.49. The van der Waals surface area contributed by atoms with E-state index in [-0.39, 0.29) is 6.54 Å². The van der Waals surface area contributed by atoms with Crippen molar-refractivity contribution in [2.45, 2.75) is 16.3 Å². The lowest BCUT2D eigenvalue weighted by molar-refractivity contribution is 0.112. The fourth-order valence-corrected chi connectivity index (χ4v) is 2.96. The summed E-state index contributed by atoms with van der Waals surface area (Å²) in [5.74, 6) is 0. The molecule has 1 aromatic heterocycles. The Hall–Kier alpha value is -2.05. The van der Waals surface area contributed by atoms with Gasteiger partial charge in [0.1, 0.15) is 0 Å². The highest BCUT2D eigenvalue weighted by molar-refractivity contribution is 7.99. The first kappa shape index (κ1) is 15.3. The summed E-state index contributed by atoms with van der Waals surface area (Å²) in [5, 5.41) is 11.4. The van der Waals surface area contributed by atoms with Gasteiger partial charge in [0.05, 0.1) is 5.02 Å². The Morgan fingerprint density at radius 3 is 2.86 bits per heavy atom. The highest BCUT2D eigenvalue weighted by Gasteiger charge is 2.12. The van der Waals surface area contributed by atoms with Crippen LogP contribution in [0.5, 0.6) is 0 Å². The number of hydrogen-bond acceptors (Lipinski definition) is 4. The van der Waals surface area contributed by atoms with E-state index in [9.17, 15) is 9.59 Å². The van der Waals surface area contributed by atoms with Crippen LogP contribution in [0, 0.1) is 0 Å². The van der Waals surface area contributed by atoms with Gasteiger partial charge in [-0.2, -0.15) is 0 Å². The minimum Gasteiger partial charge on any atom is -0.465 e. The molecule has 2 aromatic rings. The Balaban J connectivity index is 2.34. The molecule has 21 heavy (non-hydrogen) atoms. The van der Waals surface area contributed by atoms with Crippen molar-refractivity contribution in [3.8, 4) is 0 Å². The van der Waals surface area contributed by atoms with Crippen LogP contribution in [0.2, 0.25) is 5.02 Å². The van der Waals surface area contributed by atoms with Crippen LogP contribution in [-0.2, 0) is 6.54 Å². The Morgan fingerprint density at radius 1 is 1.38 bits per heavy atom. The minimum absolute atomic E-state index is 0.0917. The zero-order valence-electron chi connectivity index (χ0n) is 10.7. The number of amides is 1. The second kappa shape index (κ2) is 7.10. The third-order valence-corrected chi connectivity index (χ3v) is 4.29. The molecule has 1 heterocycles. The summed E-state index contributed by atoms with van der Waals surface area (Å²) in [4.78, 5) is 27.0. The molecule has 108 valence electrons. The molecule has 0 radical (unpaired) electrons. The lowest BCUT2D eigenvalue weighted by Crippen LogP contribution is -2.20. The fraction of sp³-hybridized carbons (Fsp3) is 0.0714. The van der Waals surface area contributed by atoms with Crippen LogP contribution >= 0.6 is 23.4 Å². The zero-order valence-corrected chi connectivity index (χ0v) is 12.3. The molecule has 2 rings (SSSR count). The van der Waals surface area contributed by atoms with Gasteiger partial charge >= 0.3 is 6.09 Å². The minimum atomic E-state index is -1.13. The van der Waals surface area contributed by atoms with Crippen molar-refractivity contribution in [1.82, 2.24) is 10.3 Å². The van der Waals surface area contributed by atoms with E-state index in [0.717, 1.165) is 11.2 Å². The van der Waals surface area contributed by atoms with Crippen LogP contribution in [0.1, 0.15) is 15.9 Å². The topological polar surface area (TPSA) is 79.3 Å². The summed E-state index contributed by atoms with van der Waals surface area (Å²) in [6.45, 7) is 0.0917. The predicted octanol–water partition coefficient (Wildman–Crippen LogP) is 3.47. The van der Waals surface area contributed by atoms with E-state index in [4.69, 9.17) is 16.7 Å². The lowest BCUT2D eigenvalue weighted by atomic mass is 10.2. The second-order valence-electron chi connectivity index (χ2n) is 4.03. The fourth-order valence-electron chi connectivity index (χ4n) is 1.66. The van der Waals surface area contributed by atoms with Crippen molar-refractivity contribution in [1.29, 1.82) is 0 Å². The molecule has 1 amide bonds. The molecule has 0 aliphatic rings. The number of pyridine rings is 1. The molecule has 0 aliphatic carbocycles. The first-order valence-corrected chi connectivity index (χ1v) is 7.12. The average Bonchev–Trinajstić information content (AvgIpc) is 2.48. The van der Waals surface area contributed by atoms with Gasteiger partial charge in [0.15, 0.2) is 6.29 Å². The number of carbonyl (C=O) groups is 2. The molecular formula is C14H11ClN2O3S. The van der Waals surface area contributed by atoms with E-state index in [1.807, 2.05) is 6.07 Å². The monoisotopic (exact) mass is 322 g/mol. The van der Waals surface area contributed by atoms with Crippen LogP contribution in [-0.4, -0.2) is 22.5 Å². The summed E-state index contributed by atoms with van der Waals surface area (Å²) >= 11 is 7.45. The van der Waals surface area contributed by atoms with Crippen molar-refractivity contribution in [2.75, 3.05) is 0 Å². The Kier molecular flexibility index (Phi) is 5.19. The number of hydrogen-bond donors (Lipinski definition) is 2. The van der Waals surface area contributed by atoms with Crippen molar-refractivity contribution >= 4 is 35.7 Å². The molecule has 0 spiro atoms. The molecule has 0 unspecified atom stereocenters. The highest BCUT2D eigenvalue weighted by Crippen LogP contribution is 2.36. The number of nitrogens with one attached hydrogen (secondary N) is 1. The molecule has 7 heteroatoms. The van der Waals surface area contributed by atoms with E-state index in [1.54, 1.807) is 24.4 Å². The van der Waals surface area contributed by atoms with E-state index in [1.165, 1.54) is 18.0 Å². The number of rotatable bonds is 5. The van der Waals surface area contributed by atoms with Gasteiger partial charge in [-0.3, -0.25) is 9.78 Å². The summed E-state index contributed by atoms with van der Waals surface area (Å²) in [5.41, 5.74) is 1.20. The average molecular weight is 323 g/mol. The number of carbonyl (C=O) groups excluding carboxylic acids is 1. The van der Waals surface area contributed by atoms with Gasteiger partial charge in [0, 0.05) is 39.9 Å². The Bertz CT molecular complexity index is 679. The number of aromatic nitrogens is 1. The van der Waals surface area contributed by atoms with Crippen LogP contribution in [0.25, 0.3) is 0 Å². The van der Waals surface area contributed by atoms with Crippen molar-refractivity contribution in [3.05, 3.63) is 52.8 Å². The van der Waals surface area contributed by atoms with Crippen LogP contribution in [0.4, 0.5) is 4.79 Å². The predicted molar refractivity (Wildman–Crippen MR) is 80.1 cm³/mol. The summed E-state index contributed by atoms with van der Waals surface area (Å²) in [7, 11) is 0. The summed E-state index contributed by atoms with van der Waals surface area (Å²) in [6.07, 6.45) is 2.68. The van der Waals surface area contributed by atoms with Gasteiger partial charge < -0.3 is 10.4 Å². The first-order chi connectivity index (χ1) is 10.1. The number of carboxylic acid groups (broad SMARTS) is 1. The third-order valence-electron chi connectivity index (χ3n) is 2.61. The van der Waals surface area contributed by atoms with E-state index in [2.05, 4.69) is 10.3 Å². The molecule has 0 saturated carbocycles. The molecule has 0 atom stereocenters. The third kappa shape index (κ3) is 3.96. The van der Waals surface area contributed by atoms with Gasteiger partial charge in [0.25, 0.3) is 0 Å². The SMILES string of the molecule is O=Cc1ccccc1Sc1c(Cl)cncc1CNC(=O)O. The van der Waals surface area contributed by atoms with Gasteiger partial charge in [-0.15, -0.1) is 0 Å². The molecule has 5 nitrogen and oxygen atoms in total. The Morgan fingerprint density at radius 2 is 2.14 bits per heavy atom. The maximum atomic E-state index is 11.1. The number of halogens is 1. The standard InChI is InChI=1S/C14H11ClN2O3S/c15-11-7-16-5-10(6-17-14(19)20)13(11)21-12-4-2-1-3-9(12)8-18/h1-5,7-8,17H,6H2,(H,19,20). The van der Waals surface area contributed by atoms with Gasteiger partial charge in [0.2, 0.25) is 0 Å². The maximum Gasteiger partial charge on any atom is 0.404 e. The molecule has 1 aromatic carbocycles. The maximum absolute atomic E-state index is 11.1. The molecule has 0 saturated heterocycles. The molecular weight excluding hydrogens is 312 g/mol. The van der Waals surface area contributed by atoms with Crippen molar-refractivity contribution < 1.29 is 14.7 Å². The summed E-state index contributed by atoms with van der Waals surface area (Å²) in [6, 6.07) is 7.10. The van der Waals surface area contributed by atoms with Crippen LogP contribution in [0.3, 0.4) is 0 Å². The molecule has 0 aliphatic heterocycles. The van der Waals surface area contributed by atoms with Gasteiger partial charge in [-0.1, -0.05) is 41.6 Å². The molecule has 0 fully saturated rings. The van der Waals surface area contributed by atoms with Crippen molar-refractivity contribution in [3.63, 3.8) is 0 Å². The number of nitrogens with zero attached hydrogens (tertiary/aromatic N) is 1. The number of benzene rings is 1. The zero-order chi connectivity index (χ0) is 15.2. The molecule has 2 N–H and O–H groups in total. The Labute approximate surface area is 130 Å². The largest absolute Gasteiger partial charge is 0.465 e. The summed E-state index contributed by atoms with van der Waals surface area (Å²) < 4.78 is 0. The van der Waals surface area contributed by atoms with Crippen LogP contribution in [0.15, 0.2) is 46.5 Å². The quantitative estimate of drug-likeness (QED) is 0.824. The van der Waals surface area contributed by atoms with Crippen LogP contribution < -0.4 is 5.32 Å². The van der Waals surface area contributed by atoms with Gasteiger partial charge in [-0.05, 0) is 6.07 Å². The first-order valence-electron chi connectivity index (χ1n) is 5.93.